The Morgan fingerprint density at radius 2 is 1.70 bits per heavy atom. The van der Waals surface area contributed by atoms with Crippen molar-refractivity contribution in [3.05, 3.63) is 69.8 Å². The molecule has 3 nitrogen and oxygen atoms in total. The van der Waals surface area contributed by atoms with Crippen LogP contribution in [-0.2, 0) is 0 Å². The molecule has 1 unspecified atom stereocenters. The first-order valence-corrected chi connectivity index (χ1v) is 6.73. The molecule has 0 radical (unpaired) electrons. The van der Waals surface area contributed by atoms with E-state index in [2.05, 4.69) is 5.32 Å². The monoisotopic (exact) mass is 347 g/mol. The molecule has 0 spiro atoms. The second kappa shape index (κ2) is 6.97. The van der Waals surface area contributed by atoms with Crippen molar-refractivity contribution in [3.63, 3.8) is 0 Å². The van der Waals surface area contributed by atoms with E-state index in [1.165, 1.54) is 12.1 Å². The van der Waals surface area contributed by atoms with Crippen molar-refractivity contribution in [2.24, 2.45) is 0 Å². The molecular weight excluding hydrogens is 338 g/mol. The molecular formula is C15H10ClF4NO2. The molecule has 2 aromatic rings. The fourth-order valence-corrected chi connectivity index (χ4v) is 1.94. The van der Waals surface area contributed by atoms with Gasteiger partial charge in [0.2, 0.25) is 0 Å². The normalized spacial score (nSPS) is 12.1. The van der Waals surface area contributed by atoms with E-state index in [1.54, 1.807) is 0 Å². The lowest BCUT2D eigenvalue weighted by Crippen LogP contribution is -2.29. The van der Waals surface area contributed by atoms with Gasteiger partial charge in [-0.25, -0.2) is 17.6 Å². The number of hydrogen-bond donors (Lipinski definition) is 2. The Labute approximate surface area is 133 Å². The van der Waals surface area contributed by atoms with Crippen molar-refractivity contribution in [2.75, 3.05) is 6.54 Å². The van der Waals surface area contributed by atoms with Crippen LogP contribution in [0, 0.1) is 23.3 Å². The molecule has 0 saturated carbocycles. The highest BCUT2D eigenvalue weighted by Gasteiger charge is 2.18. The zero-order chi connectivity index (χ0) is 17.1. The molecule has 8 heteroatoms. The smallest absolute Gasteiger partial charge is 0.254 e. The molecule has 2 aromatic carbocycles. The van der Waals surface area contributed by atoms with Crippen LogP contribution in [0.15, 0.2) is 30.3 Å². The molecule has 0 saturated heterocycles. The van der Waals surface area contributed by atoms with Gasteiger partial charge in [0.15, 0.2) is 11.6 Å². The SMILES string of the molecule is O=C(NCC(O)c1ccc(Cl)c(F)c1)c1cc(F)c(F)cc1F. The number of aliphatic hydroxyl groups excluding tert-OH is 1. The first-order chi connectivity index (χ1) is 10.8. The van der Waals surface area contributed by atoms with Gasteiger partial charge in [-0.1, -0.05) is 17.7 Å². The molecule has 122 valence electrons. The fraction of sp³-hybridized carbons (Fsp3) is 0.133. The summed E-state index contributed by atoms with van der Waals surface area (Å²) in [6.45, 7) is -0.391. The molecule has 2 N–H and O–H groups in total. The van der Waals surface area contributed by atoms with Gasteiger partial charge in [-0.3, -0.25) is 4.79 Å². The standard InChI is InChI=1S/C15H10ClF4NO2/c16-9-2-1-7(3-11(9)18)14(22)6-21-15(23)8-4-12(19)13(20)5-10(8)17/h1-5,14,22H,6H2,(H,21,23). The van der Waals surface area contributed by atoms with E-state index in [0.29, 0.717) is 6.07 Å². The third-order valence-electron chi connectivity index (χ3n) is 3.04. The summed E-state index contributed by atoms with van der Waals surface area (Å²) >= 11 is 5.50. The van der Waals surface area contributed by atoms with E-state index >= 15 is 0 Å². The summed E-state index contributed by atoms with van der Waals surface area (Å²) in [6.07, 6.45) is -1.29. The first kappa shape index (κ1) is 17.2. The highest BCUT2D eigenvalue weighted by Crippen LogP contribution is 2.20. The number of benzene rings is 2. The molecule has 2 rings (SSSR count). The first-order valence-electron chi connectivity index (χ1n) is 6.35. The summed E-state index contributed by atoms with van der Waals surface area (Å²) in [4.78, 5) is 11.7. The number of nitrogens with one attached hydrogen (secondary N) is 1. The summed E-state index contributed by atoms with van der Waals surface area (Å²) in [5.41, 5.74) is -0.573. The van der Waals surface area contributed by atoms with E-state index in [4.69, 9.17) is 11.6 Å². The topological polar surface area (TPSA) is 49.3 Å². The largest absolute Gasteiger partial charge is 0.387 e. The maximum atomic E-state index is 13.4. The van der Waals surface area contributed by atoms with E-state index in [9.17, 15) is 27.5 Å². The fourth-order valence-electron chi connectivity index (χ4n) is 1.82. The van der Waals surface area contributed by atoms with Crippen molar-refractivity contribution >= 4 is 17.5 Å². The number of halogens is 5. The van der Waals surface area contributed by atoms with Crippen LogP contribution >= 0.6 is 11.6 Å². The predicted molar refractivity (Wildman–Crippen MR) is 75.0 cm³/mol. The summed E-state index contributed by atoms with van der Waals surface area (Å²) in [6, 6.07) is 4.22. The summed E-state index contributed by atoms with van der Waals surface area (Å²) in [5, 5.41) is 11.9. The van der Waals surface area contributed by atoms with Gasteiger partial charge in [-0.2, -0.15) is 0 Å². The van der Waals surface area contributed by atoms with Crippen molar-refractivity contribution < 1.29 is 27.5 Å². The van der Waals surface area contributed by atoms with Crippen molar-refractivity contribution in [1.29, 1.82) is 0 Å². The van der Waals surface area contributed by atoms with Gasteiger partial charge >= 0.3 is 0 Å². The van der Waals surface area contributed by atoms with Gasteiger partial charge in [-0.15, -0.1) is 0 Å². The van der Waals surface area contributed by atoms with Crippen LogP contribution in [0.5, 0.6) is 0 Å². The lowest BCUT2D eigenvalue weighted by atomic mass is 10.1. The lowest BCUT2D eigenvalue weighted by molar-refractivity contribution is 0.0911. The van der Waals surface area contributed by atoms with Crippen LogP contribution in [0.3, 0.4) is 0 Å². The molecule has 0 bridgehead atoms. The Morgan fingerprint density at radius 1 is 1.04 bits per heavy atom. The molecule has 1 amide bonds. The average Bonchev–Trinajstić information content (AvgIpc) is 2.50. The average molecular weight is 348 g/mol. The van der Waals surface area contributed by atoms with Crippen molar-refractivity contribution in [3.8, 4) is 0 Å². The quantitative estimate of drug-likeness (QED) is 0.658. The van der Waals surface area contributed by atoms with E-state index in [-0.39, 0.29) is 16.7 Å². The highest BCUT2D eigenvalue weighted by molar-refractivity contribution is 6.30. The van der Waals surface area contributed by atoms with Crippen LogP contribution in [-0.4, -0.2) is 17.6 Å². The predicted octanol–water partition coefficient (Wildman–Crippen LogP) is 3.36. The third-order valence-corrected chi connectivity index (χ3v) is 3.35. The van der Waals surface area contributed by atoms with Gasteiger partial charge in [0.1, 0.15) is 11.6 Å². The molecule has 0 heterocycles. The molecule has 0 aromatic heterocycles. The maximum Gasteiger partial charge on any atom is 0.254 e. The maximum absolute atomic E-state index is 13.4. The molecule has 23 heavy (non-hydrogen) atoms. The second-order valence-corrected chi connectivity index (χ2v) is 5.05. The Kier molecular flexibility index (Phi) is 5.23. The Balaban J connectivity index is 2.06. The Hall–Kier alpha value is -2.12. The number of carbonyl (C=O) groups is 1. The van der Waals surface area contributed by atoms with Crippen LogP contribution in [0.2, 0.25) is 5.02 Å². The number of hydrogen-bond acceptors (Lipinski definition) is 2. The Bertz CT molecular complexity index is 754. The summed E-state index contributed by atoms with van der Waals surface area (Å²) < 4.78 is 52.5. The molecule has 0 aliphatic carbocycles. The number of aliphatic hydroxyl groups is 1. The minimum Gasteiger partial charge on any atom is -0.387 e. The number of rotatable bonds is 4. The zero-order valence-electron chi connectivity index (χ0n) is 11.4. The van der Waals surface area contributed by atoms with Crippen LogP contribution in [0.1, 0.15) is 22.0 Å². The number of amides is 1. The van der Waals surface area contributed by atoms with E-state index in [0.717, 1.165) is 6.07 Å². The summed E-state index contributed by atoms with van der Waals surface area (Å²) in [5.74, 6) is -5.84. The summed E-state index contributed by atoms with van der Waals surface area (Å²) in [7, 11) is 0. The minimum atomic E-state index is -1.42. The second-order valence-electron chi connectivity index (χ2n) is 4.65. The van der Waals surface area contributed by atoms with Crippen LogP contribution < -0.4 is 5.32 Å². The van der Waals surface area contributed by atoms with Gasteiger partial charge < -0.3 is 10.4 Å². The number of carbonyl (C=O) groups excluding carboxylic acids is 1. The van der Waals surface area contributed by atoms with Crippen molar-refractivity contribution in [1.82, 2.24) is 5.32 Å². The van der Waals surface area contributed by atoms with Gasteiger partial charge in [0, 0.05) is 12.6 Å². The van der Waals surface area contributed by atoms with E-state index < -0.39 is 47.4 Å². The molecule has 0 aliphatic rings. The Morgan fingerprint density at radius 3 is 2.35 bits per heavy atom. The van der Waals surface area contributed by atoms with Gasteiger partial charge in [0.05, 0.1) is 16.7 Å². The highest BCUT2D eigenvalue weighted by atomic mass is 35.5. The minimum absolute atomic E-state index is 0.131. The molecule has 0 fully saturated rings. The van der Waals surface area contributed by atoms with Crippen molar-refractivity contribution in [2.45, 2.75) is 6.10 Å². The van der Waals surface area contributed by atoms with Crippen LogP contribution in [0.4, 0.5) is 17.6 Å². The van der Waals surface area contributed by atoms with Crippen LogP contribution in [0.25, 0.3) is 0 Å². The zero-order valence-corrected chi connectivity index (χ0v) is 12.2. The lowest BCUT2D eigenvalue weighted by Gasteiger charge is -2.13. The van der Waals surface area contributed by atoms with Gasteiger partial charge in [0.25, 0.3) is 5.91 Å². The molecule has 0 aliphatic heterocycles. The third kappa shape index (κ3) is 4.00. The van der Waals surface area contributed by atoms with E-state index in [1.807, 2.05) is 0 Å². The molecule has 1 atom stereocenters. The van der Waals surface area contributed by atoms with Gasteiger partial charge in [-0.05, 0) is 23.8 Å².